The Kier molecular flexibility index (Phi) is 3.56. The molecule has 0 radical (unpaired) electrons. The average molecular weight is 201 g/mol. The Morgan fingerprint density at radius 2 is 2.07 bits per heavy atom. The van der Waals surface area contributed by atoms with Gasteiger partial charge in [-0.3, -0.25) is 0 Å². The van der Waals surface area contributed by atoms with Crippen molar-refractivity contribution < 1.29 is 9.84 Å². The third kappa shape index (κ3) is 2.94. The second kappa shape index (κ2) is 4.17. The SMILES string of the molecule is CC(C)C(C)(O)CNCC1(C)COC1. The lowest BCUT2D eigenvalue weighted by Gasteiger charge is -2.39. The summed E-state index contributed by atoms with van der Waals surface area (Å²) in [5.41, 5.74) is -0.325. The Morgan fingerprint density at radius 1 is 1.50 bits per heavy atom. The lowest BCUT2D eigenvalue weighted by atomic mass is 9.87. The van der Waals surface area contributed by atoms with Gasteiger partial charge in [-0.05, 0) is 12.8 Å². The Labute approximate surface area is 86.8 Å². The normalized spacial score (nSPS) is 24.4. The van der Waals surface area contributed by atoms with Gasteiger partial charge < -0.3 is 15.2 Å². The molecule has 0 amide bonds. The molecular weight excluding hydrogens is 178 g/mol. The first-order valence-corrected chi connectivity index (χ1v) is 5.37. The quantitative estimate of drug-likeness (QED) is 0.698. The summed E-state index contributed by atoms with van der Waals surface area (Å²) in [6.07, 6.45) is 0. The van der Waals surface area contributed by atoms with Gasteiger partial charge in [0.2, 0.25) is 0 Å². The minimum atomic E-state index is -0.610. The standard InChI is InChI=1S/C11H23NO2/c1-9(2)11(4,13)6-12-5-10(3)7-14-8-10/h9,12-13H,5-8H2,1-4H3. The van der Waals surface area contributed by atoms with E-state index in [2.05, 4.69) is 12.2 Å². The van der Waals surface area contributed by atoms with Gasteiger partial charge in [0.1, 0.15) is 0 Å². The van der Waals surface area contributed by atoms with Crippen molar-refractivity contribution in [1.82, 2.24) is 5.32 Å². The van der Waals surface area contributed by atoms with E-state index in [-0.39, 0.29) is 11.3 Å². The molecule has 1 heterocycles. The molecule has 0 spiro atoms. The molecule has 1 aliphatic heterocycles. The zero-order chi connectivity index (χ0) is 10.8. The Bertz CT molecular complexity index is 186. The zero-order valence-corrected chi connectivity index (χ0v) is 9.76. The summed E-state index contributed by atoms with van der Waals surface area (Å²) in [4.78, 5) is 0. The van der Waals surface area contributed by atoms with Gasteiger partial charge >= 0.3 is 0 Å². The lowest BCUT2D eigenvalue weighted by molar-refractivity contribution is -0.101. The van der Waals surface area contributed by atoms with Crippen LogP contribution in [0.25, 0.3) is 0 Å². The van der Waals surface area contributed by atoms with Crippen molar-refractivity contribution in [1.29, 1.82) is 0 Å². The van der Waals surface area contributed by atoms with Gasteiger partial charge in [0.15, 0.2) is 0 Å². The molecule has 84 valence electrons. The molecule has 0 saturated carbocycles. The van der Waals surface area contributed by atoms with E-state index in [9.17, 15) is 5.11 Å². The summed E-state index contributed by atoms with van der Waals surface area (Å²) in [7, 11) is 0. The van der Waals surface area contributed by atoms with Gasteiger partial charge in [-0.15, -0.1) is 0 Å². The monoisotopic (exact) mass is 201 g/mol. The molecule has 1 rings (SSSR count). The van der Waals surface area contributed by atoms with Crippen molar-refractivity contribution in [3.63, 3.8) is 0 Å². The highest BCUT2D eigenvalue weighted by Crippen LogP contribution is 2.25. The van der Waals surface area contributed by atoms with Crippen LogP contribution in [0.3, 0.4) is 0 Å². The predicted octanol–water partition coefficient (Wildman–Crippen LogP) is 1.02. The summed E-state index contributed by atoms with van der Waals surface area (Å²) < 4.78 is 5.17. The van der Waals surface area contributed by atoms with Gasteiger partial charge in [-0.1, -0.05) is 20.8 Å². The highest BCUT2D eigenvalue weighted by atomic mass is 16.5. The van der Waals surface area contributed by atoms with E-state index in [0.717, 1.165) is 19.8 Å². The van der Waals surface area contributed by atoms with Crippen LogP contribution in [-0.2, 0) is 4.74 Å². The molecule has 0 aromatic heterocycles. The Morgan fingerprint density at radius 3 is 2.43 bits per heavy atom. The van der Waals surface area contributed by atoms with Gasteiger partial charge in [0.25, 0.3) is 0 Å². The average Bonchev–Trinajstić information content (AvgIpc) is 2.00. The van der Waals surface area contributed by atoms with E-state index in [1.807, 2.05) is 20.8 Å². The van der Waals surface area contributed by atoms with Crippen LogP contribution in [0.4, 0.5) is 0 Å². The Balaban J connectivity index is 2.20. The molecule has 1 unspecified atom stereocenters. The molecule has 1 atom stereocenters. The van der Waals surface area contributed by atoms with Crippen molar-refractivity contribution in [2.24, 2.45) is 11.3 Å². The minimum Gasteiger partial charge on any atom is -0.389 e. The number of hydrogen-bond acceptors (Lipinski definition) is 3. The van der Waals surface area contributed by atoms with E-state index in [1.54, 1.807) is 0 Å². The van der Waals surface area contributed by atoms with Crippen LogP contribution >= 0.6 is 0 Å². The van der Waals surface area contributed by atoms with Crippen LogP contribution in [0.1, 0.15) is 27.7 Å². The van der Waals surface area contributed by atoms with Crippen LogP contribution in [0.15, 0.2) is 0 Å². The zero-order valence-electron chi connectivity index (χ0n) is 9.76. The second-order valence-electron chi connectivity index (χ2n) is 5.42. The fourth-order valence-corrected chi connectivity index (χ4v) is 1.37. The summed E-state index contributed by atoms with van der Waals surface area (Å²) in [6.45, 7) is 11.4. The molecule has 0 aromatic carbocycles. The summed E-state index contributed by atoms with van der Waals surface area (Å²) in [6, 6.07) is 0. The molecular formula is C11H23NO2. The highest BCUT2D eigenvalue weighted by molar-refractivity contribution is 4.85. The number of nitrogens with one attached hydrogen (secondary N) is 1. The van der Waals surface area contributed by atoms with Crippen molar-refractivity contribution in [2.75, 3.05) is 26.3 Å². The van der Waals surface area contributed by atoms with E-state index in [0.29, 0.717) is 6.54 Å². The maximum atomic E-state index is 9.99. The van der Waals surface area contributed by atoms with Gasteiger partial charge in [-0.25, -0.2) is 0 Å². The highest BCUT2D eigenvalue weighted by Gasteiger charge is 2.34. The van der Waals surface area contributed by atoms with Crippen molar-refractivity contribution in [2.45, 2.75) is 33.3 Å². The fraction of sp³-hybridized carbons (Fsp3) is 1.00. The molecule has 1 aliphatic rings. The van der Waals surface area contributed by atoms with Gasteiger partial charge in [-0.2, -0.15) is 0 Å². The summed E-state index contributed by atoms with van der Waals surface area (Å²) in [5.74, 6) is 0.278. The number of rotatable bonds is 5. The van der Waals surface area contributed by atoms with Gasteiger partial charge in [0, 0.05) is 18.5 Å². The van der Waals surface area contributed by atoms with Crippen molar-refractivity contribution in [3.05, 3.63) is 0 Å². The molecule has 3 nitrogen and oxygen atoms in total. The molecule has 1 fully saturated rings. The van der Waals surface area contributed by atoms with Gasteiger partial charge in [0.05, 0.1) is 18.8 Å². The third-order valence-electron chi connectivity index (χ3n) is 3.18. The molecule has 2 N–H and O–H groups in total. The molecule has 0 bridgehead atoms. The number of hydrogen-bond donors (Lipinski definition) is 2. The van der Waals surface area contributed by atoms with Crippen molar-refractivity contribution >= 4 is 0 Å². The molecule has 0 aromatic rings. The smallest absolute Gasteiger partial charge is 0.0766 e. The first kappa shape index (κ1) is 12.0. The first-order chi connectivity index (χ1) is 6.36. The van der Waals surface area contributed by atoms with Crippen molar-refractivity contribution in [3.8, 4) is 0 Å². The summed E-state index contributed by atoms with van der Waals surface area (Å²) >= 11 is 0. The van der Waals surface area contributed by atoms with Crippen LogP contribution in [0, 0.1) is 11.3 Å². The van der Waals surface area contributed by atoms with E-state index in [4.69, 9.17) is 4.74 Å². The number of aliphatic hydroxyl groups is 1. The third-order valence-corrected chi connectivity index (χ3v) is 3.18. The van der Waals surface area contributed by atoms with E-state index in [1.165, 1.54) is 0 Å². The van der Waals surface area contributed by atoms with Crippen LogP contribution in [0.5, 0.6) is 0 Å². The maximum absolute atomic E-state index is 9.99. The first-order valence-electron chi connectivity index (χ1n) is 5.37. The molecule has 1 saturated heterocycles. The second-order valence-corrected chi connectivity index (χ2v) is 5.42. The topological polar surface area (TPSA) is 41.5 Å². The lowest BCUT2D eigenvalue weighted by Crippen LogP contribution is -2.51. The fourth-order valence-electron chi connectivity index (χ4n) is 1.37. The molecule has 3 heteroatoms. The Hall–Kier alpha value is -0.120. The maximum Gasteiger partial charge on any atom is 0.0766 e. The van der Waals surface area contributed by atoms with Crippen LogP contribution < -0.4 is 5.32 Å². The predicted molar refractivity (Wildman–Crippen MR) is 57.3 cm³/mol. The molecule has 14 heavy (non-hydrogen) atoms. The summed E-state index contributed by atoms with van der Waals surface area (Å²) in [5, 5.41) is 13.3. The number of ether oxygens (including phenoxy) is 1. The molecule has 0 aliphatic carbocycles. The van der Waals surface area contributed by atoms with Crippen LogP contribution in [-0.4, -0.2) is 37.0 Å². The van der Waals surface area contributed by atoms with E-state index >= 15 is 0 Å². The van der Waals surface area contributed by atoms with E-state index < -0.39 is 5.60 Å². The largest absolute Gasteiger partial charge is 0.389 e. The minimum absolute atomic E-state index is 0.278. The van der Waals surface area contributed by atoms with Crippen LogP contribution in [0.2, 0.25) is 0 Å².